The molecule has 1 atom stereocenters. The van der Waals surface area contributed by atoms with E-state index in [0.717, 1.165) is 18.6 Å². The van der Waals surface area contributed by atoms with Gasteiger partial charge in [0.05, 0.1) is 6.61 Å². The Morgan fingerprint density at radius 2 is 2.27 bits per heavy atom. The van der Waals surface area contributed by atoms with Crippen LogP contribution in [0.15, 0.2) is 24.3 Å². The van der Waals surface area contributed by atoms with E-state index in [4.69, 9.17) is 4.74 Å². The molecular formula is C13H16O2. The summed E-state index contributed by atoms with van der Waals surface area (Å²) in [5.74, 6) is 0.450. The molecule has 1 heterocycles. The molecule has 1 aromatic carbocycles. The molecule has 0 bridgehead atoms. The summed E-state index contributed by atoms with van der Waals surface area (Å²) < 4.78 is 5.23. The Morgan fingerprint density at radius 1 is 1.47 bits per heavy atom. The fourth-order valence-corrected chi connectivity index (χ4v) is 1.93. The first kappa shape index (κ1) is 10.4. The van der Waals surface area contributed by atoms with Gasteiger partial charge in [-0.25, -0.2) is 0 Å². The minimum atomic E-state index is 0.129. The lowest BCUT2D eigenvalue weighted by molar-refractivity contribution is -0.122. The Hall–Kier alpha value is -1.15. The number of rotatable bonds is 3. The van der Waals surface area contributed by atoms with E-state index in [1.807, 2.05) is 31.2 Å². The van der Waals surface area contributed by atoms with Gasteiger partial charge < -0.3 is 4.74 Å². The molecule has 15 heavy (non-hydrogen) atoms. The molecule has 0 N–H and O–H groups in total. The van der Waals surface area contributed by atoms with Gasteiger partial charge in [0.1, 0.15) is 5.78 Å². The highest BCUT2D eigenvalue weighted by molar-refractivity contribution is 5.83. The number of ether oxygens (including phenoxy) is 1. The molecule has 2 heteroatoms. The van der Waals surface area contributed by atoms with Crippen LogP contribution in [0.25, 0.3) is 0 Å². The molecule has 0 spiro atoms. The lowest BCUT2D eigenvalue weighted by Crippen LogP contribution is -2.17. The Morgan fingerprint density at radius 3 is 2.93 bits per heavy atom. The van der Waals surface area contributed by atoms with Crippen molar-refractivity contribution in [3.8, 4) is 0 Å². The third-order valence-electron chi connectivity index (χ3n) is 3.01. The summed E-state index contributed by atoms with van der Waals surface area (Å²) in [5, 5.41) is 0. The maximum Gasteiger partial charge on any atom is 0.142 e. The van der Waals surface area contributed by atoms with Crippen LogP contribution in [0, 0.1) is 12.8 Å². The normalized spacial score (nSPS) is 20.5. The van der Waals surface area contributed by atoms with E-state index in [-0.39, 0.29) is 5.92 Å². The number of hydrogen-bond acceptors (Lipinski definition) is 2. The molecule has 0 amide bonds. The number of ketones is 1. The molecule has 1 aromatic rings. The first-order valence-electron chi connectivity index (χ1n) is 5.42. The van der Waals surface area contributed by atoms with Crippen molar-refractivity contribution in [1.29, 1.82) is 0 Å². The average Bonchev–Trinajstić information content (AvgIpc) is 2.74. The quantitative estimate of drug-likeness (QED) is 0.754. The number of benzene rings is 1. The van der Waals surface area contributed by atoms with E-state index in [2.05, 4.69) is 0 Å². The average molecular weight is 204 g/mol. The molecule has 0 radical (unpaired) electrons. The first-order valence-corrected chi connectivity index (χ1v) is 5.42. The standard InChI is InChI=1S/C13H16O2/c1-10-4-2-3-5-11(10)8-13(14)12-6-7-15-9-12/h2-5,12H,6-9H2,1H3. The highest BCUT2D eigenvalue weighted by Crippen LogP contribution is 2.17. The molecule has 1 aliphatic rings. The summed E-state index contributed by atoms with van der Waals surface area (Å²) in [6.45, 7) is 3.41. The number of Topliss-reactive ketones (excluding diaryl/α,β-unsaturated/α-hetero) is 1. The molecular weight excluding hydrogens is 188 g/mol. The van der Waals surface area contributed by atoms with Crippen LogP contribution in [0.1, 0.15) is 17.5 Å². The molecule has 0 aromatic heterocycles. The fourth-order valence-electron chi connectivity index (χ4n) is 1.93. The van der Waals surface area contributed by atoms with Crippen molar-refractivity contribution in [3.05, 3.63) is 35.4 Å². The van der Waals surface area contributed by atoms with Crippen LogP contribution < -0.4 is 0 Å². The minimum absolute atomic E-state index is 0.129. The van der Waals surface area contributed by atoms with Gasteiger partial charge in [0, 0.05) is 18.9 Å². The summed E-state index contributed by atoms with van der Waals surface area (Å²) >= 11 is 0. The minimum Gasteiger partial charge on any atom is -0.381 e. The van der Waals surface area contributed by atoms with Gasteiger partial charge in [0.15, 0.2) is 0 Å². The maximum atomic E-state index is 11.9. The molecule has 1 saturated heterocycles. The van der Waals surface area contributed by atoms with E-state index in [9.17, 15) is 4.79 Å². The van der Waals surface area contributed by atoms with Gasteiger partial charge in [-0.15, -0.1) is 0 Å². The SMILES string of the molecule is Cc1ccccc1CC(=O)C1CCOC1. The third-order valence-corrected chi connectivity index (χ3v) is 3.01. The van der Waals surface area contributed by atoms with Crippen LogP contribution in [0.2, 0.25) is 0 Å². The van der Waals surface area contributed by atoms with Crippen LogP contribution >= 0.6 is 0 Å². The maximum absolute atomic E-state index is 11.9. The fraction of sp³-hybridized carbons (Fsp3) is 0.462. The smallest absolute Gasteiger partial charge is 0.142 e. The highest BCUT2D eigenvalue weighted by atomic mass is 16.5. The lowest BCUT2D eigenvalue weighted by atomic mass is 9.95. The van der Waals surface area contributed by atoms with Crippen molar-refractivity contribution in [2.75, 3.05) is 13.2 Å². The Labute approximate surface area is 90.3 Å². The zero-order valence-corrected chi connectivity index (χ0v) is 9.03. The molecule has 1 unspecified atom stereocenters. The Balaban J connectivity index is 2.02. The highest BCUT2D eigenvalue weighted by Gasteiger charge is 2.23. The van der Waals surface area contributed by atoms with Gasteiger partial charge in [-0.2, -0.15) is 0 Å². The van der Waals surface area contributed by atoms with Gasteiger partial charge in [-0.05, 0) is 24.5 Å². The summed E-state index contributed by atoms with van der Waals surface area (Å²) in [6, 6.07) is 8.07. The molecule has 0 saturated carbocycles. The summed E-state index contributed by atoms with van der Waals surface area (Å²) in [7, 11) is 0. The Kier molecular flexibility index (Phi) is 3.17. The van der Waals surface area contributed by atoms with E-state index < -0.39 is 0 Å². The van der Waals surface area contributed by atoms with Gasteiger partial charge in [0.25, 0.3) is 0 Å². The van der Waals surface area contributed by atoms with Crippen molar-refractivity contribution >= 4 is 5.78 Å². The molecule has 2 rings (SSSR count). The zero-order chi connectivity index (χ0) is 10.7. The second-order valence-electron chi connectivity index (χ2n) is 4.13. The van der Waals surface area contributed by atoms with Gasteiger partial charge in [0.2, 0.25) is 0 Å². The number of carbonyl (C=O) groups excluding carboxylic acids is 1. The topological polar surface area (TPSA) is 26.3 Å². The van der Waals surface area contributed by atoms with E-state index in [0.29, 0.717) is 18.8 Å². The van der Waals surface area contributed by atoms with Gasteiger partial charge in [-0.3, -0.25) is 4.79 Å². The molecule has 80 valence electrons. The van der Waals surface area contributed by atoms with Crippen molar-refractivity contribution in [2.45, 2.75) is 19.8 Å². The second kappa shape index (κ2) is 4.58. The zero-order valence-electron chi connectivity index (χ0n) is 9.03. The van der Waals surface area contributed by atoms with Crippen molar-refractivity contribution in [1.82, 2.24) is 0 Å². The molecule has 2 nitrogen and oxygen atoms in total. The van der Waals surface area contributed by atoms with Crippen LogP contribution in [0.4, 0.5) is 0 Å². The van der Waals surface area contributed by atoms with E-state index in [1.165, 1.54) is 5.56 Å². The molecule has 0 aliphatic carbocycles. The second-order valence-corrected chi connectivity index (χ2v) is 4.13. The van der Waals surface area contributed by atoms with Crippen LogP contribution in [0.3, 0.4) is 0 Å². The predicted molar refractivity (Wildman–Crippen MR) is 58.8 cm³/mol. The summed E-state index contributed by atoms with van der Waals surface area (Å²) in [5.41, 5.74) is 2.35. The molecule has 1 fully saturated rings. The van der Waals surface area contributed by atoms with Crippen molar-refractivity contribution < 1.29 is 9.53 Å². The monoisotopic (exact) mass is 204 g/mol. The first-order chi connectivity index (χ1) is 7.27. The largest absolute Gasteiger partial charge is 0.381 e. The van der Waals surface area contributed by atoms with Crippen LogP contribution in [-0.4, -0.2) is 19.0 Å². The predicted octanol–water partition coefficient (Wildman–Crippen LogP) is 2.14. The van der Waals surface area contributed by atoms with Gasteiger partial charge >= 0.3 is 0 Å². The van der Waals surface area contributed by atoms with E-state index in [1.54, 1.807) is 0 Å². The third kappa shape index (κ3) is 2.45. The lowest BCUT2D eigenvalue weighted by Gasteiger charge is -2.08. The van der Waals surface area contributed by atoms with Crippen LogP contribution in [-0.2, 0) is 16.0 Å². The number of aryl methyl sites for hydroxylation is 1. The number of carbonyl (C=O) groups is 1. The summed E-state index contributed by atoms with van der Waals surface area (Å²) in [6.07, 6.45) is 1.45. The number of hydrogen-bond donors (Lipinski definition) is 0. The molecule has 1 aliphatic heterocycles. The van der Waals surface area contributed by atoms with E-state index >= 15 is 0 Å². The van der Waals surface area contributed by atoms with Crippen molar-refractivity contribution in [3.63, 3.8) is 0 Å². The Bertz CT molecular complexity index is 351. The van der Waals surface area contributed by atoms with Crippen LogP contribution in [0.5, 0.6) is 0 Å². The van der Waals surface area contributed by atoms with Gasteiger partial charge in [-0.1, -0.05) is 24.3 Å². The van der Waals surface area contributed by atoms with Crippen molar-refractivity contribution in [2.24, 2.45) is 5.92 Å². The summed E-state index contributed by atoms with van der Waals surface area (Å²) in [4.78, 5) is 11.9.